The van der Waals surface area contributed by atoms with Gasteiger partial charge >= 0.3 is 5.63 Å². The largest absolute Gasteiger partial charge is 0.365 e. The van der Waals surface area contributed by atoms with Crippen molar-refractivity contribution in [2.24, 2.45) is 0 Å². The van der Waals surface area contributed by atoms with Gasteiger partial charge in [0.25, 0.3) is 0 Å². The highest BCUT2D eigenvalue weighted by Crippen LogP contribution is 2.02. The molecule has 0 radical (unpaired) electrons. The van der Waals surface area contributed by atoms with Gasteiger partial charge < -0.3 is 4.52 Å². The number of hydrogen-bond acceptors (Lipinski definition) is 2. The SMILES string of the molecule is C=c1[nH]oc(=O)c1=Cc1ccc(C)cc1. The highest BCUT2D eigenvalue weighted by Gasteiger charge is 1.95. The van der Waals surface area contributed by atoms with Crippen LogP contribution >= 0.6 is 0 Å². The molecule has 1 N–H and O–H groups in total. The summed E-state index contributed by atoms with van der Waals surface area (Å²) in [6.45, 7) is 5.69. The van der Waals surface area contributed by atoms with Crippen LogP contribution in [0.5, 0.6) is 0 Å². The predicted octanol–water partition coefficient (Wildman–Crippen LogP) is 0.515. The molecule has 3 heteroatoms. The molecule has 3 nitrogen and oxygen atoms in total. The molecule has 0 fully saturated rings. The minimum atomic E-state index is -0.388. The average molecular weight is 201 g/mol. The third-order valence-electron chi connectivity index (χ3n) is 2.20. The molecule has 0 saturated heterocycles. The molecular formula is C12H11NO2. The lowest BCUT2D eigenvalue weighted by Crippen LogP contribution is -2.31. The standard InChI is InChI=1S/C12H11NO2/c1-8-3-5-10(6-4-8)7-11-9(2)13-15-12(11)14/h3-7,13H,2H2,1H3. The van der Waals surface area contributed by atoms with Crippen molar-refractivity contribution in [3.05, 3.63) is 56.4 Å². The van der Waals surface area contributed by atoms with Crippen LogP contribution in [0.25, 0.3) is 12.7 Å². The van der Waals surface area contributed by atoms with Crippen LogP contribution in [0.3, 0.4) is 0 Å². The van der Waals surface area contributed by atoms with Crippen LogP contribution in [-0.2, 0) is 0 Å². The zero-order valence-corrected chi connectivity index (χ0v) is 8.41. The number of hydrogen-bond donors (Lipinski definition) is 1. The monoisotopic (exact) mass is 201 g/mol. The van der Waals surface area contributed by atoms with Crippen molar-refractivity contribution >= 4 is 12.7 Å². The Kier molecular flexibility index (Phi) is 2.29. The number of H-pyrrole nitrogens is 1. The third-order valence-corrected chi connectivity index (χ3v) is 2.20. The molecule has 0 saturated carbocycles. The molecule has 0 bridgehead atoms. The Labute approximate surface area is 86.3 Å². The number of aromatic amines is 1. The summed E-state index contributed by atoms with van der Waals surface area (Å²) in [5.41, 5.74) is 1.75. The van der Waals surface area contributed by atoms with E-state index >= 15 is 0 Å². The van der Waals surface area contributed by atoms with Gasteiger partial charge in [-0.3, -0.25) is 0 Å². The van der Waals surface area contributed by atoms with Gasteiger partial charge in [-0.05, 0) is 18.6 Å². The van der Waals surface area contributed by atoms with E-state index in [0.29, 0.717) is 10.6 Å². The lowest BCUT2D eigenvalue weighted by atomic mass is 10.1. The quantitative estimate of drug-likeness (QED) is 0.731. The normalized spacial score (nSPS) is 11.9. The summed E-state index contributed by atoms with van der Waals surface area (Å²) in [4.78, 5) is 11.2. The fourth-order valence-electron chi connectivity index (χ4n) is 1.32. The van der Waals surface area contributed by atoms with E-state index in [4.69, 9.17) is 0 Å². The number of benzene rings is 1. The Morgan fingerprint density at radius 1 is 1.33 bits per heavy atom. The first-order valence-electron chi connectivity index (χ1n) is 4.61. The van der Waals surface area contributed by atoms with Gasteiger partial charge in [0.05, 0.1) is 10.6 Å². The zero-order chi connectivity index (χ0) is 10.8. The first kappa shape index (κ1) is 9.52. The summed E-state index contributed by atoms with van der Waals surface area (Å²) in [5.74, 6) is 0. The first-order chi connectivity index (χ1) is 7.16. The van der Waals surface area contributed by atoms with Crippen molar-refractivity contribution in [2.75, 3.05) is 0 Å². The molecule has 76 valence electrons. The van der Waals surface area contributed by atoms with Crippen LogP contribution < -0.4 is 16.2 Å². The molecule has 15 heavy (non-hydrogen) atoms. The number of aryl methyl sites for hydroxylation is 1. The number of nitrogens with one attached hydrogen (secondary N) is 1. The van der Waals surface area contributed by atoms with E-state index in [1.165, 1.54) is 5.56 Å². The maximum Gasteiger partial charge on any atom is 0.365 e. The molecule has 0 amide bonds. The Hall–Kier alpha value is -2.03. The van der Waals surface area contributed by atoms with Gasteiger partial charge in [-0.15, -0.1) is 0 Å². The minimum Gasteiger partial charge on any atom is -0.338 e. The molecule has 0 unspecified atom stereocenters. The second-order valence-electron chi connectivity index (χ2n) is 3.44. The van der Waals surface area contributed by atoms with Crippen molar-refractivity contribution in [1.82, 2.24) is 5.16 Å². The third kappa shape index (κ3) is 1.91. The summed E-state index contributed by atoms with van der Waals surface area (Å²) in [6.07, 6.45) is 1.75. The van der Waals surface area contributed by atoms with Crippen LogP contribution in [0.1, 0.15) is 11.1 Å². The van der Waals surface area contributed by atoms with Crippen molar-refractivity contribution in [2.45, 2.75) is 6.92 Å². The Morgan fingerprint density at radius 3 is 2.53 bits per heavy atom. The van der Waals surface area contributed by atoms with Gasteiger partial charge in [0.2, 0.25) is 0 Å². The van der Waals surface area contributed by atoms with E-state index in [9.17, 15) is 4.79 Å². The zero-order valence-electron chi connectivity index (χ0n) is 8.41. The van der Waals surface area contributed by atoms with E-state index in [0.717, 1.165) is 5.56 Å². The molecule has 0 aliphatic rings. The Morgan fingerprint density at radius 2 is 2.00 bits per heavy atom. The topological polar surface area (TPSA) is 46.0 Å². The maximum atomic E-state index is 11.2. The highest BCUT2D eigenvalue weighted by atomic mass is 16.5. The van der Waals surface area contributed by atoms with E-state index in [-0.39, 0.29) is 5.63 Å². The van der Waals surface area contributed by atoms with Gasteiger partial charge in [0.1, 0.15) is 0 Å². The van der Waals surface area contributed by atoms with E-state index in [1.54, 1.807) is 6.08 Å². The summed E-state index contributed by atoms with van der Waals surface area (Å²) < 4.78 is 4.62. The van der Waals surface area contributed by atoms with E-state index in [1.807, 2.05) is 31.2 Å². The second-order valence-corrected chi connectivity index (χ2v) is 3.44. The molecule has 2 rings (SSSR count). The van der Waals surface area contributed by atoms with Crippen molar-refractivity contribution in [3.63, 3.8) is 0 Å². The fraction of sp³-hybridized carbons (Fsp3) is 0.0833. The fourth-order valence-corrected chi connectivity index (χ4v) is 1.32. The summed E-state index contributed by atoms with van der Waals surface area (Å²) in [7, 11) is 0. The molecule has 0 aliphatic carbocycles. The average Bonchev–Trinajstić information content (AvgIpc) is 2.53. The van der Waals surface area contributed by atoms with Crippen LogP contribution in [-0.4, -0.2) is 5.16 Å². The van der Waals surface area contributed by atoms with Gasteiger partial charge in [-0.25, -0.2) is 9.95 Å². The molecule has 1 aromatic carbocycles. The smallest absolute Gasteiger partial charge is 0.338 e. The summed E-state index contributed by atoms with van der Waals surface area (Å²) in [5, 5.41) is 3.41. The van der Waals surface area contributed by atoms with Crippen LogP contribution in [0.4, 0.5) is 0 Å². The van der Waals surface area contributed by atoms with Crippen molar-refractivity contribution in [3.8, 4) is 0 Å². The molecular weight excluding hydrogens is 190 g/mol. The molecule has 0 aliphatic heterocycles. The molecule has 0 spiro atoms. The number of aromatic nitrogens is 1. The van der Waals surface area contributed by atoms with Crippen molar-refractivity contribution < 1.29 is 4.52 Å². The van der Waals surface area contributed by atoms with Gasteiger partial charge in [0.15, 0.2) is 0 Å². The molecule has 0 atom stereocenters. The van der Waals surface area contributed by atoms with Crippen LogP contribution in [0, 0.1) is 6.92 Å². The lowest BCUT2D eigenvalue weighted by molar-refractivity contribution is 0.386. The predicted molar refractivity (Wildman–Crippen MR) is 58.8 cm³/mol. The van der Waals surface area contributed by atoms with E-state index < -0.39 is 0 Å². The van der Waals surface area contributed by atoms with Gasteiger partial charge in [0, 0.05) is 0 Å². The summed E-state index contributed by atoms with van der Waals surface area (Å²) in [6, 6.07) is 7.87. The second kappa shape index (κ2) is 3.61. The first-order valence-corrected chi connectivity index (χ1v) is 4.61. The number of rotatable bonds is 1. The van der Waals surface area contributed by atoms with Gasteiger partial charge in [-0.2, -0.15) is 0 Å². The Bertz CT molecular complexity index is 586. The van der Waals surface area contributed by atoms with Crippen LogP contribution in [0.15, 0.2) is 33.6 Å². The molecule has 1 aromatic heterocycles. The Balaban J connectivity index is 2.61. The summed E-state index contributed by atoms with van der Waals surface area (Å²) >= 11 is 0. The maximum absolute atomic E-state index is 11.2. The molecule has 1 heterocycles. The molecule has 2 aromatic rings. The lowest BCUT2D eigenvalue weighted by Gasteiger charge is -1.92. The minimum absolute atomic E-state index is 0.388. The van der Waals surface area contributed by atoms with E-state index in [2.05, 4.69) is 16.3 Å². The van der Waals surface area contributed by atoms with Crippen molar-refractivity contribution in [1.29, 1.82) is 0 Å². The van der Waals surface area contributed by atoms with Crippen LogP contribution in [0.2, 0.25) is 0 Å². The van der Waals surface area contributed by atoms with Gasteiger partial charge in [-0.1, -0.05) is 36.4 Å². The highest BCUT2D eigenvalue weighted by molar-refractivity contribution is 5.49.